The van der Waals surface area contributed by atoms with Crippen molar-refractivity contribution in [3.8, 4) is 0 Å². The molecule has 0 N–H and O–H groups in total. The summed E-state index contributed by atoms with van der Waals surface area (Å²) in [5.74, 6) is -0.0866. The highest BCUT2D eigenvalue weighted by molar-refractivity contribution is 7.97. The quantitative estimate of drug-likeness (QED) is 0.184. The third-order valence-electron chi connectivity index (χ3n) is 8.18. The number of aryl methyl sites for hydroxylation is 3. The molecule has 1 saturated carbocycles. The van der Waals surface area contributed by atoms with Crippen LogP contribution in [-0.2, 0) is 27.7 Å². The average molecular weight is 588 g/mol. The zero-order chi connectivity index (χ0) is 29.9. The largest absolute Gasteiger partial charge is 0.468 e. The van der Waals surface area contributed by atoms with E-state index in [4.69, 9.17) is 9.15 Å². The maximum atomic E-state index is 13.2. The zero-order valence-corrected chi connectivity index (χ0v) is 25.5. The Morgan fingerprint density at radius 3 is 2.24 bits per heavy atom. The van der Waals surface area contributed by atoms with Gasteiger partial charge in [0.1, 0.15) is 5.76 Å². The molecule has 0 spiro atoms. The third kappa shape index (κ3) is 7.58. The number of esters is 1. The van der Waals surface area contributed by atoms with Crippen LogP contribution in [0.1, 0.15) is 84.8 Å². The maximum absolute atomic E-state index is 13.2. The number of furan rings is 1. The molecule has 4 nitrogen and oxygen atoms in total. The third-order valence-corrected chi connectivity index (χ3v) is 9.55. The lowest BCUT2D eigenvalue weighted by atomic mass is 9.76. The van der Waals surface area contributed by atoms with E-state index in [1.54, 1.807) is 11.9 Å². The molecule has 1 heterocycles. The molecule has 3 aromatic rings. The second-order valence-corrected chi connectivity index (χ2v) is 13.0. The lowest BCUT2D eigenvalue weighted by molar-refractivity contribution is -0.153. The summed E-state index contributed by atoms with van der Waals surface area (Å²) in [6, 6.07) is 15.0. The fourth-order valence-corrected chi connectivity index (χ4v) is 7.02. The van der Waals surface area contributed by atoms with Crippen LogP contribution in [-0.4, -0.2) is 23.9 Å². The fraction of sp³-hybridized carbons (Fsp3) is 0.485. The van der Waals surface area contributed by atoms with Gasteiger partial charge in [0.2, 0.25) is 5.76 Å². The molecular formula is C33H40F3NO3S. The van der Waals surface area contributed by atoms with Crippen molar-refractivity contribution in [1.82, 2.24) is 4.31 Å². The molecule has 41 heavy (non-hydrogen) atoms. The first kappa shape index (κ1) is 31.2. The van der Waals surface area contributed by atoms with E-state index in [0.29, 0.717) is 17.6 Å². The first-order valence-corrected chi connectivity index (χ1v) is 14.9. The van der Waals surface area contributed by atoms with Gasteiger partial charge >= 0.3 is 12.1 Å². The van der Waals surface area contributed by atoms with Gasteiger partial charge in [-0.2, -0.15) is 13.2 Å². The van der Waals surface area contributed by atoms with E-state index in [-0.39, 0.29) is 12.5 Å². The van der Waals surface area contributed by atoms with Crippen LogP contribution in [0.2, 0.25) is 0 Å². The first-order valence-electron chi connectivity index (χ1n) is 14.1. The summed E-state index contributed by atoms with van der Waals surface area (Å²) < 4.78 is 52.0. The molecule has 0 unspecified atom stereocenters. The van der Waals surface area contributed by atoms with Crippen LogP contribution in [0.15, 0.2) is 57.8 Å². The predicted molar refractivity (Wildman–Crippen MR) is 157 cm³/mol. The molecule has 0 atom stereocenters. The molecule has 8 heteroatoms. The van der Waals surface area contributed by atoms with Crippen LogP contribution in [0.5, 0.6) is 0 Å². The van der Waals surface area contributed by atoms with Crippen LogP contribution in [0, 0.1) is 26.7 Å². The molecule has 4 rings (SSSR count). The molecule has 2 aromatic carbocycles. The molecule has 0 amide bonds. The maximum Gasteiger partial charge on any atom is 0.449 e. The van der Waals surface area contributed by atoms with Crippen molar-refractivity contribution in [2.24, 2.45) is 5.92 Å². The average Bonchev–Trinajstić information content (AvgIpc) is 3.40. The predicted octanol–water partition coefficient (Wildman–Crippen LogP) is 9.16. The van der Waals surface area contributed by atoms with Gasteiger partial charge in [-0.15, -0.1) is 0 Å². The van der Waals surface area contributed by atoms with Crippen molar-refractivity contribution in [2.75, 3.05) is 13.7 Å². The Morgan fingerprint density at radius 2 is 1.66 bits per heavy atom. The molecule has 1 fully saturated rings. The van der Waals surface area contributed by atoms with Gasteiger partial charge in [0.15, 0.2) is 0 Å². The summed E-state index contributed by atoms with van der Waals surface area (Å²) in [6.45, 7) is 11.0. The van der Waals surface area contributed by atoms with Crippen LogP contribution in [0.4, 0.5) is 13.2 Å². The highest BCUT2D eigenvalue weighted by Gasteiger charge is 2.35. The molecule has 222 valence electrons. The Bertz CT molecular complexity index is 1330. The summed E-state index contributed by atoms with van der Waals surface area (Å²) in [7, 11) is 1.42. The number of alkyl halides is 3. The summed E-state index contributed by atoms with van der Waals surface area (Å²) in [5.41, 5.74) is 4.98. The highest BCUT2D eigenvalue weighted by atomic mass is 32.2. The standard InChI is InChI=1S/C33H40F3NO3S/c1-21-16-22(2)30(23(3)17-21)41-37(20-28-14-15-29(40-28)33(34,35)36)19-24-10-12-25(13-11-24)26-8-7-9-27(18-26)32(4,5)31(38)39-6/h7-9,14-18,24-25H,10-13,19-20H2,1-6H3. The van der Waals surface area contributed by atoms with Gasteiger partial charge in [-0.05, 0) is 118 Å². The Labute approximate surface area is 245 Å². The number of rotatable bonds is 9. The minimum absolute atomic E-state index is 0.256. The Morgan fingerprint density at radius 1 is 1.00 bits per heavy atom. The van der Waals surface area contributed by atoms with E-state index in [1.807, 2.05) is 26.0 Å². The van der Waals surface area contributed by atoms with E-state index in [1.165, 1.54) is 24.3 Å². The van der Waals surface area contributed by atoms with Crippen molar-refractivity contribution in [2.45, 2.75) is 89.3 Å². The monoisotopic (exact) mass is 587 g/mol. The van der Waals surface area contributed by atoms with Gasteiger partial charge < -0.3 is 9.15 Å². The van der Waals surface area contributed by atoms with E-state index >= 15 is 0 Å². The molecule has 0 bridgehead atoms. The van der Waals surface area contributed by atoms with Crippen molar-refractivity contribution >= 4 is 17.9 Å². The Balaban J connectivity index is 1.47. The number of carbonyl (C=O) groups is 1. The molecule has 1 aliphatic carbocycles. The van der Waals surface area contributed by atoms with Crippen LogP contribution in [0.25, 0.3) is 0 Å². The van der Waals surface area contributed by atoms with Crippen LogP contribution < -0.4 is 0 Å². The van der Waals surface area contributed by atoms with Crippen LogP contribution >= 0.6 is 11.9 Å². The SMILES string of the molecule is COC(=O)C(C)(C)c1cccc(C2CCC(CN(Cc3ccc(C(F)(F)F)o3)Sc3c(C)cc(C)cc3C)CC2)c1. The van der Waals surface area contributed by atoms with Gasteiger partial charge in [-0.3, -0.25) is 4.79 Å². The van der Waals surface area contributed by atoms with E-state index in [0.717, 1.165) is 59.9 Å². The number of methoxy groups -OCH3 is 1. The smallest absolute Gasteiger partial charge is 0.449 e. The minimum Gasteiger partial charge on any atom is -0.468 e. The second-order valence-electron chi connectivity index (χ2n) is 11.9. The summed E-state index contributed by atoms with van der Waals surface area (Å²) in [4.78, 5) is 13.5. The minimum atomic E-state index is -4.50. The molecule has 0 radical (unpaired) electrons. The van der Waals surface area contributed by atoms with E-state index in [9.17, 15) is 18.0 Å². The van der Waals surface area contributed by atoms with Crippen molar-refractivity contribution in [3.05, 3.63) is 87.9 Å². The lowest BCUT2D eigenvalue weighted by Crippen LogP contribution is -2.30. The second kappa shape index (κ2) is 12.7. The van der Waals surface area contributed by atoms with Crippen molar-refractivity contribution in [1.29, 1.82) is 0 Å². The van der Waals surface area contributed by atoms with Gasteiger partial charge in [-0.1, -0.05) is 42.0 Å². The Kier molecular flexibility index (Phi) is 9.64. The highest BCUT2D eigenvalue weighted by Crippen LogP contribution is 2.40. The number of carbonyl (C=O) groups excluding carboxylic acids is 1. The molecule has 0 aliphatic heterocycles. The first-order chi connectivity index (χ1) is 19.3. The molecule has 0 saturated heterocycles. The summed E-state index contributed by atoms with van der Waals surface area (Å²) >= 11 is 1.61. The molecular weight excluding hydrogens is 547 g/mol. The zero-order valence-electron chi connectivity index (χ0n) is 24.7. The number of halogens is 3. The van der Waals surface area contributed by atoms with Gasteiger partial charge in [0.25, 0.3) is 0 Å². The normalized spacial score (nSPS) is 18.1. The Hall–Kier alpha value is -2.71. The van der Waals surface area contributed by atoms with Crippen molar-refractivity contribution in [3.63, 3.8) is 0 Å². The van der Waals surface area contributed by atoms with E-state index in [2.05, 4.69) is 49.3 Å². The van der Waals surface area contributed by atoms with Gasteiger partial charge in [-0.25, -0.2) is 4.31 Å². The van der Waals surface area contributed by atoms with Crippen molar-refractivity contribution < 1.29 is 27.1 Å². The fourth-order valence-electron chi connectivity index (χ4n) is 5.88. The summed E-state index contributed by atoms with van der Waals surface area (Å²) in [5, 5.41) is 0. The summed E-state index contributed by atoms with van der Waals surface area (Å²) in [6.07, 6.45) is -0.421. The number of hydrogen-bond acceptors (Lipinski definition) is 5. The van der Waals surface area contributed by atoms with Gasteiger partial charge in [0, 0.05) is 11.4 Å². The number of benzene rings is 2. The number of hydrogen-bond donors (Lipinski definition) is 0. The lowest BCUT2D eigenvalue weighted by Gasteiger charge is -2.33. The number of ether oxygens (including phenoxy) is 1. The number of nitrogens with zero attached hydrogens (tertiary/aromatic N) is 1. The van der Waals surface area contributed by atoms with Crippen LogP contribution in [0.3, 0.4) is 0 Å². The molecule has 1 aromatic heterocycles. The van der Waals surface area contributed by atoms with E-state index < -0.39 is 17.4 Å². The topological polar surface area (TPSA) is 42.7 Å². The van der Waals surface area contributed by atoms with Gasteiger partial charge in [0.05, 0.1) is 19.1 Å². The molecule has 1 aliphatic rings.